The largest absolute Gasteiger partial charge is 0.399 e. The predicted octanol–water partition coefficient (Wildman–Crippen LogP) is 3.23. The number of piperidine rings is 1. The van der Waals surface area contributed by atoms with E-state index in [0.29, 0.717) is 11.1 Å². The van der Waals surface area contributed by atoms with Crippen molar-refractivity contribution in [3.05, 3.63) is 29.3 Å². The van der Waals surface area contributed by atoms with Gasteiger partial charge >= 0.3 is 0 Å². The molecule has 0 atom stereocenters. The monoisotopic (exact) mass is 260 g/mol. The molecular weight excluding hydrogens is 236 g/mol. The molecule has 0 radical (unpaired) electrons. The van der Waals surface area contributed by atoms with Crippen LogP contribution in [-0.4, -0.2) is 23.9 Å². The third-order valence-corrected chi connectivity index (χ3v) is 4.60. The van der Waals surface area contributed by atoms with Crippen molar-refractivity contribution in [1.29, 1.82) is 0 Å². The summed E-state index contributed by atoms with van der Waals surface area (Å²) < 4.78 is 0. The summed E-state index contributed by atoms with van der Waals surface area (Å²) in [5.41, 5.74) is 8.60. The van der Waals surface area contributed by atoms with Crippen LogP contribution in [0.4, 0.5) is 5.69 Å². The van der Waals surface area contributed by atoms with Gasteiger partial charge in [0.05, 0.1) is 0 Å². The molecule has 104 valence electrons. The lowest BCUT2D eigenvalue weighted by atomic mass is 9.78. The highest BCUT2D eigenvalue weighted by Crippen LogP contribution is 2.34. The predicted molar refractivity (Wildman–Crippen MR) is 79.1 cm³/mol. The van der Waals surface area contributed by atoms with Gasteiger partial charge in [0, 0.05) is 24.3 Å². The molecule has 1 saturated heterocycles. The van der Waals surface area contributed by atoms with Gasteiger partial charge in [0.15, 0.2) is 0 Å². The SMILES string of the molecule is CCC1(C)CCN(C(=O)c2cc(N)ccc2C)CC1. The zero-order chi connectivity index (χ0) is 14.0. The van der Waals surface area contributed by atoms with E-state index in [1.165, 1.54) is 6.42 Å². The number of likely N-dealkylation sites (tertiary alicyclic amines) is 1. The van der Waals surface area contributed by atoms with Gasteiger partial charge < -0.3 is 10.6 Å². The van der Waals surface area contributed by atoms with Crippen molar-refractivity contribution < 1.29 is 4.79 Å². The van der Waals surface area contributed by atoms with Crippen LogP contribution in [0.1, 0.15) is 49.0 Å². The molecule has 0 unspecified atom stereocenters. The number of hydrogen-bond acceptors (Lipinski definition) is 2. The first-order valence-corrected chi connectivity index (χ1v) is 7.10. The Kier molecular flexibility index (Phi) is 3.83. The van der Waals surface area contributed by atoms with E-state index in [4.69, 9.17) is 5.73 Å². The number of hydrogen-bond donors (Lipinski definition) is 1. The van der Waals surface area contributed by atoms with Gasteiger partial charge in [-0.3, -0.25) is 4.79 Å². The second-order valence-electron chi connectivity index (χ2n) is 6.03. The molecule has 1 heterocycles. The molecule has 0 saturated carbocycles. The summed E-state index contributed by atoms with van der Waals surface area (Å²) in [5, 5.41) is 0. The molecule has 1 fully saturated rings. The Morgan fingerprint density at radius 2 is 2.00 bits per heavy atom. The van der Waals surface area contributed by atoms with Gasteiger partial charge in [-0.1, -0.05) is 26.3 Å². The molecular formula is C16H24N2O. The van der Waals surface area contributed by atoms with Crippen molar-refractivity contribution in [3.8, 4) is 0 Å². The highest BCUT2D eigenvalue weighted by molar-refractivity contribution is 5.96. The van der Waals surface area contributed by atoms with Crippen LogP contribution in [0, 0.1) is 12.3 Å². The highest BCUT2D eigenvalue weighted by Gasteiger charge is 2.30. The number of benzene rings is 1. The smallest absolute Gasteiger partial charge is 0.254 e. The maximum atomic E-state index is 12.5. The summed E-state index contributed by atoms with van der Waals surface area (Å²) in [6, 6.07) is 5.56. The van der Waals surface area contributed by atoms with Crippen LogP contribution in [0.3, 0.4) is 0 Å². The maximum Gasteiger partial charge on any atom is 0.254 e. The van der Waals surface area contributed by atoms with E-state index in [2.05, 4.69) is 13.8 Å². The summed E-state index contributed by atoms with van der Waals surface area (Å²) in [5.74, 6) is 0.128. The number of aryl methyl sites for hydroxylation is 1. The van der Waals surface area contributed by atoms with E-state index < -0.39 is 0 Å². The molecule has 0 aromatic heterocycles. The van der Waals surface area contributed by atoms with Gasteiger partial charge in [0.2, 0.25) is 0 Å². The van der Waals surface area contributed by atoms with Crippen molar-refractivity contribution in [2.24, 2.45) is 5.41 Å². The van der Waals surface area contributed by atoms with Crippen LogP contribution in [0.2, 0.25) is 0 Å². The molecule has 0 spiro atoms. The lowest BCUT2D eigenvalue weighted by molar-refractivity contribution is 0.0599. The van der Waals surface area contributed by atoms with Crippen molar-refractivity contribution in [1.82, 2.24) is 4.90 Å². The lowest BCUT2D eigenvalue weighted by Gasteiger charge is -2.39. The molecule has 19 heavy (non-hydrogen) atoms. The highest BCUT2D eigenvalue weighted by atomic mass is 16.2. The van der Waals surface area contributed by atoms with Crippen molar-refractivity contribution in [2.45, 2.75) is 40.0 Å². The first-order valence-electron chi connectivity index (χ1n) is 7.10. The van der Waals surface area contributed by atoms with E-state index in [-0.39, 0.29) is 5.91 Å². The number of nitrogens with two attached hydrogens (primary N) is 1. The first kappa shape index (κ1) is 13.9. The number of amides is 1. The van der Waals surface area contributed by atoms with Crippen LogP contribution >= 0.6 is 0 Å². The van der Waals surface area contributed by atoms with E-state index in [1.54, 1.807) is 6.07 Å². The Balaban J connectivity index is 2.11. The summed E-state index contributed by atoms with van der Waals surface area (Å²) >= 11 is 0. The number of carbonyl (C=O) groups is 1. The van der Waals surface area contributed by atoms with Gasteiger partial charge in [-0.05, 0) is 42.9 Å². The molecule has 1 aliphatic rings. The third kappa shape index (κ3) is 2.91. The second kappa shape index (κ2) is 5.24. The van der Waals surface area contributed by atoms with Crippen molar-refractivity contribution in [3.63, 3.8) is 0 Å². The molecule has 3 nitrogen and oxygen atoms in total. The van der Waals surface area contributed by atoms with Gasteiger partial charge in [-0.2, -0.15) is 0 Å². The minimum atomic E-state index is 0.128. The summed E-state index contributed by atoms with van der Waals surface area (Å²) in [7, 11) is 0. The number of nitrogen functional groups attached to an aromatic ring is 1. The third-order valence-electron chi connectivity index (χ3n) is 4.60. The molecule has 0 aliphatic carbocycles. The van der Waals surface area contributed by atoms with Crippen LogP contribution in [-0.2, 0) is 0 Å². The fourth-order valence-corrected chi connectivity index (χ4v) is 2.64. The van der Waals surface area contributed by atoms with E-state index in [9.17, 15) is 4.79 Å². The van der Waals surface area contributed by atoms with Crippen molar-refractivity contribution in [2.75, 3.05) is 18.8 Å². The van der Waals surface area contributed by atoms with Crippen LogP contribution in [0.5, 0.6) is 0 Å². The maximum absolute atomic E-state index is 12.5. The van der Waals surface area contributed by atoms with E-state index in [0.717, 1.165) is 37.1 Å². The molecule has 1 amide bonds. The Morgan fingerprint density at radius 1 is 1.37 bits per heavy atom. The fraction of sp³-hybridized carbons (Fsp3) is 0.562. The number of nitrogens with zero attached hydrogens (tertiary/aromatic N) is 1. The summed E-state index contributed by atoms with van der Waals surface area (Å²) in [6.45, 7) is 8.24. The quantitative estimate of drug-likeness (QED) is 0.830. The molecule has 1 aromatic carbocycles. The Labute approximate surface area is 115 Å². The van der Waals surface area contributed by atoms with Gasteiger partial charge in [-0.15, -0.1) is 0 Å². The zero-order valence-electron chi connectivity index (χ0n) is 12.2. The Morgan fingerprint density at radius 3 is 2.58 bits per heavy atom. The van der Waals surface area contributed by atoms with E-state index in [1.807, 2.05) is 24.0 Å². The average molecular weight is 260 g/mol. The Bertz CT molecular complexity index is 474. The van der Waals surface area contributed by atoms with Gasteiger partial charge in [0.1, 0.15) is 0 Å². The minimum Gasteiger partial charge on any atom is -0.399 e. The molecule has 0 bridgehead atoms. The number of carbonyl (C=O) groups excluding carboxylic acids is 1. The van der Waals surface area contributed by atoms with Crippen LogP contribution in [0.15, 0.2) is 18.2 Å². The molecule has 2 rings (SSSR count). The zero-order valence-corrected chi connectivity index (χ0v) is 12.2. The lowest BCUT2D eigenvalue weighted by Crippen LogP contribution is -2.42. The fourth-order valence-electron chi connectivity index (χ4n) is 2.64. The van der Waals surface area contributed by atoms with Gasteiger partial charge in [-0.25, -0.2) is 0 Å². The van der Waals surface area contributed by atoms with Gasteiger partial charge in [0.25, 0.3) is 5.91 Å². The first-order chi connectivity index (χ1) is 8.95. The normalized spacial score (nSPS) is 18.4. The molecule has 3 heteroatoms. The minimum absolute atomic E-state index is 0.128. The second-order valence-corrected chi connectivity index (χ2v) is 6.03. The standard InChI is InChI=1S/C16H24N2O/c1-4-16(3)7-9-18(10-8-16)15(19)14-11-13(17)6-5-12(14)2/h5-6,11H,4,7-10,17H2,1-3H3. The molecule has 1 aliphatic heterocycles. The Hall–Kier alpha value is -1.51. The summed E-state index contributed by atoms with van der Waals surface area (Å²) in [6.07, 6.45) is 3.37. The van der Waals surface area contributed by atoms with E-state index >= 15 is 0 Å². The average Bonchev–Trinajstić information content (AvgIpc) is 2.42. The molecule has 2 N–H and O–H groups in total. The topological polar surface area (TPSA) is 46.3 Å². The van der Waals surface area contributed by atoms with Crippen molar-refractivity contribution >= 4 is 11.6 Å². The summed E-state index contributed by atoms with van der Waals surface area (Å²) in [4.78, 5) is 14.5. The number of anilines is 1. The van der Waals surface area contributed by atoms with Crippen LogP contribution in [0.25, 0.3) is 0 Å². The van der Waals surface area contributed by atoms with Crippen LogP contribution < -0.4 is 5.73 Å². The molecule has 1 aromatic rings. The number of rotatable bonds is 2.